The summed E-state index contributed by atoms with van der Waals surface area (Å²) in [6.07, 6.45) is 0. The highest BCUT2D eigenvalue weighted by Crippen LogP contribution is 2.22. The molecule has 0 spiro atoms. The number of rotatable bonds is 3. The van der Waals surface area contributed by atoms with Crippen LogP contribution in [-0.2, 0) is 4.74 Å². The number of esters is 1. The first-order valence-corrected chi connectivity index (χ1v) is 5.44. The highest BCUT2D eigenvalue weighted by Gasteiger charge is 2.18. The van der Waals surface area contributed by atoms with Gasteiger partial charge < -0.3 is 4.74 Å². The molecule has 88 valence electrons. The second-order valence-corrected chi connectivity index (χ2v) is 3.68. The van der Waals surface area contributed by atoms with Crippen molar-refractivity contribution in [2.75, 3.05) is 6.61 Å². The summed E-state index contributed by atoms with van der Waals surface area (Å²) < 4.78 is 4.88. The van der Waals surface area contributed by atoms with Gasteiger partial charge in [-0.15, -0.1) is 5.10 Å². The van der Waals surface area contributed by atoms with Crippen LogP contribution in [0.5, 0.6) is 0 Å². The third kappa shape index (κ3) is 2.45. The molecule has 17 heavy (non-hydrogen) atoms. The van der Waals surface area contributed by atoms with Crippen LogP contribution >= 0.6 is 11.6 Å². The number of hydrogen-bond donors (Lipinski definition) is 1. The summed E-state index contributed by atoms with van der Waals surface area (Å²) in [7, 11) is 0. The first kappa shape index (κ1) is 11.6. The van der Waals surface area contributed by atoms with Crippen molar-refractivity contribution in [3.8, 4) is 11.3 Å². The fourth-order valence-corrected chi connectivity index (χ4v) is 1.51. The van der Waals surface area contributed by atoms with Crippen molar-refractivity contribution < 1.29 is 9.53 Å². The number of hydrogen-bond acceptors (Lipinski definition) is 4. The maximum Gasteiger partial charge on any atom is 0.361 e. The van der Waals surface area contributed by atoms with Crippen molar-refractivity contribution in [1.82, 2.24) is 15.4 Å². The predicted molar refractivity (Wildman–Crippen MR) is 62.8 cm³/mol. The smallest absolute Gasteiger partial charge is 0.361 e. The molecule has 0 bridgehead atoms. The maximum absolute atomic E-state index is 11.6. The van der Waals surface area contributed by atoms with Crippen molar-refractivity contribution in [3.05, 3.63) is 35.0 Å². The van der Waals surface area contributed by atoms with E-state index in [2.05, 4.69) is 15.4 Å². The molecule has 0 radical (unpaired) electrons. The van der Waals surface area contributed by atoms with Gasteiger partial charge in [-0.1, -0.05) is 23.7 Å². The van der Waals surface area contributed by atoms with Crippen molar-refractivity contribution in [2.45, 2.75) is 6.92 Å². The molecule has 1 heterocycles. The van der Waals surface area contributed by atoms with E-state index < -0.39 is 5.97 Å². The van der Waals surface area contributed by atoms with Crippen LogP contribution in [0.1, 0.15) is 17.4 Å². The molecule has 6 heteroatoms. The van der Waals surface area contributed by atoms with Crippen LogP contribution in [0.15, 0.2) is 24.3 Å². The van der Waals surface area contributed by atoms with E-state index in [0.29, 0.717) is 17.3 Å². The zero-order valence-electron chi connectivity index (χ0n) is 9.11. The van der Waals surface area contributed by atoms with Gasteiger partial charge in [0.05, 0.1) is 6.61 Å². The number of aromatic nitrogens is 3. The van der Waals surface area contributed by atoms with Gasteiger partial charge in [0.15, 0.2) is 5.69 Å². The lowest BCUT2D eigenvalue weighted by Gasteiger charge is -2.01. The fourth-order valence-electron chi connectivity index (χ4n) is 1.38. The van der Waals surface area contributed by atoms with E-state index in [1.165, 1.54) is 0 Å². The standard InChI is InChI=1S/C11H10ClN3O2/c1-2-17-11(16)10-9(13-15-14-10)7-3-5-8(12)6-4-7/h3-6H,2H2,1H3,(H,13,14,15). The molecule has 0 aliphatic rings. The number of H-pyrrole nitrogens is 1. The zero-order valence-corrected chi connectivity index (χ0v) is 9.86. The van der Waals surface area contributed by atoms with Crippen molar-refractivity contribution in [3.63, 3.8) is 0 Å². The molecule has 0 saturated carbocycles. The summed E-state index contributed by atoms with van der Waals surface area (Å²) in [5.41, 5.74) is 1.39. The van der Waals surface area contributed by atoms with Gasteiger partial charge in [0.25, 0.3) is 0 Å². The summed E-state index contributed by atoms with van der Waals surface area (Å²) in [4.78, 5) is 11.6. The van der Waals surface area contributed by atoms with Crippen LogP contribution in [0.4, 0.5) is 0 Å². The largest absolute Gasteiger partial charge is 0.461 e. The second kappa shape index (κ2) is 4.97. The minimum atomic E-state index is -0.494. The minimum absolute atomic E-state index is 0.175. The second-order valence-electron chi connectivity index (χ2n) is 3.25. The molecule has 1 aromatic carbocycles. The van der Waals surface area contributed by atoms with E-state index in [4.69, 9.17) is 16.3 Å². The maximum atomic E-state index is 11.6. The number of halogens is 1. The molecule has 0 amide bonds. The fraction of sp³-hybridized carbons (Fsp3) is 0.182. The molecule has 2 aromatic rings. The Hall–Kier alpha value is -1.88. The Bertz CT molecular complexity index is 522. The molecular formula is C11H10ClN3O2. The normalized spacial score (nSPS) is 10.2. The quantitative estimate of drug-likeness (QED) is 0.850. The van der Waals surface area contributed by atoms with Crippen molar-refractivity contribution >= 4 is 17.6 Å². The monoisotopic (exact) mass is 251 g/mol. The van der Waals surface area contributed by atoms with Gasteiger partial charge in [-0.3, -0.25) is 0 Å². The summed E-state index contributed by atoms with van der Waals surface area (Å²) in [5.74, 6) is -0.494. The average Bonchev–Trinajstić information content (AvgIpc) is 2.79. The SMILES string of the molecule is CCOC(=O)c1n[nH]nc1-c1ccc(Cl)cc1. The van der Waals surface area contributed by atoms with E-state index in [0.717, 1.165) is 5.56 Å². The Morgan fingerprint density at radius 1 is 1.35 bits per heavy atom. The predicted octanol–water partition coefficient (Wildman–Crippen LogP) is 2.30. The number of aromatic amines is 1. The van der Waals surface area contributed by atoms with Gasteiger partial charge in [0.1, 0.15) is 5.69 Å². The molecule has 0 saturated heterocycles. The summed E-state index contributed by atoms with van der Waals surface area (Å²) in [6, 6.07) is 6.98. The molecule has 0 unspecified atom stereocenters. The Labute approximate surface area is 103 Å². The highest BCUT2D eigenvalue weighted by atomic mass is 35.5. The van der Waals surface area contributed by atoms with E-state index in [-0.39, 0.29) is 5.69 Å². The van der Waals surface area contributed by atoms with Gasteiger partial charge in [-0.2, -0.15) is 10.3 Å². The Balaban J connectivity index is 2.36. The molecule has 0 aliphatic carbocycles. The molecule has 0 aliphatic heterocycles. The van der Waals surface area contributed by atoms with Gasteiger partial charge in [0, 0.05) is 10.6 Å². The van der Waals surface area contributed by atoms with Crippen LogP contribution < -0.4 is 0 Å². The molecule has 1 aromatic heterocycles. The van der Waals surface area contributed by atoms with E-state index >= 15 is 0 Å². The number of carbonyl (C=O) groups is 1. The molecular weight excluding hydrogens is 242 g/mol. The van der Waals surface area contributed by atoms with Crippen LogP contribution in [0.25, 0.3) is 11.3 Å². The van der Waals surface area contributed by atoms with Crippen LogP contribution in [0.2, 0.25) is 5.02 Å². The molecule has 5 nitrogen and oxygen atoms in total. The lowest BCUT2D eigenvalue weighted by atomic mass is 10.1. The number of ether oxygens (including phenoxy) is 1. The van der Waals surface area contributed by atoms with Crippen LogP contribution in [-0.4, -0.2) is 28.0 Å². The zero-order chi connectivity index (χ0) is 12.3. The van der Waals surface area contributed by atoms with Crippen LogP contribution in [0.3, 0.4) is 0 Å². The van der Waals surface area contributed by atoms with Crippen LogP contribution in [0, 0.1) is 0 Å². The van der Waals surface area contributed by atoms with Crippen molar-refractivity contribution in [2.24, 2.45) is 0 Å². The third-order valence-corrected chi connectivity index (χ3v) is 2.39. The molecule has 2 rings (SSSR count). The van der Waals surface area contributed by atoms with E-state index in [9.17, 15) is 4.79 Å². The lowest BCUT2D eigenvalue weighted by Crippen LogP contribution is -2.06. The number of nitrogens with zero attached hydrogens (tertiary/aromatic N) is 2. The van der Waals surface area contributed by atoms with Gasteiger partial charge in [-0.05, 0) is 19.1 Å². The Kier molecular flexibility index (Phi) is 3.39. The lowest BCUT2D eigenvalue weighted by molar-refractivity contribution is 0.0520. The molecule has 0 fully saturated rings. The summed E-state index contributed by atoms with van der Waals surface area (Å²) >= 11 is 5.79. The van der Waals surface area contributed by atoms with Crippen molar-refractivity contribution in [1.29, 1.82) is 0 Å². The number of nitrogens with one attached hydrogen (secondary N) is 1. The average molecular weight is 252 g/mol. The number of benzene rings is 1. The van der Waals surface area contributed by atoms with E-state index in [1.807, 2.05) is 0 Å². The minimum Gasteiger partial charge on any atom is -0.461 e. The number of carbonyl (C=O) groups excluding carboxylic acids is 1. The van der Waals surface area contributed by atoms with Gasteiger partial charge >= 0.3 is 5.97 Å². The Morgan fingerprint density at radius 2 is 2.06 bits per heavy atom. The topological polar surface area (TPSA) is 67.9 Å². The van der Waals surface area contributed by atoms with Gasteiger partial charge in [-0.25, -0.2) is 4.79 Å². The first-order chi connectivity index (χ1) is 8.22. The van der Waals surface area contributed by atoms with E-state index in [1.54, 1.807) is 31.2 Å². The Morgan fingerprint density at radius 3 is 2.71 bits per heavy atom. The highest BCUT2D eigenvalue weighted by molar-refractivity contribution is 6.30. The molecule has 0 atom stereocenters. The third-order valence-electron chi connectivity index (χ3n) is 2.13. The summed E-state index contributed by atoms with van der Waals surface area (Å²) in [5, 5.41) is 10.8. The molecule has 1 N–H and O–H groups in total. The van der Waals surface area contributed by atoms with Gasteiger partial charge in [0.2, 0.25) is 0 Å². The summed E-state index contributed by atoms with van der Waals surface area (Å²) in [6.45, 7) is 2.03. The first-order valence-electron chi connectivity index (χ1n) is 5.06.